The van der Waals surface area contributed by atoms with Crippen LogP contribution in [-0.4, -0.2) is 32.6 Å². The van der Waals surface area contributed by atoms with Crippen LogP contribution in [-0.2, 0) is 9.59 Å². The average Bonchev–Trinajstić information content (AvgIpc) is 3.21. The molecule has 0 spiro atoms. The minimum absolute atomic E-state index is 0.0681. The second kappa shape index (κ2) is 8.41. The lowest BCUT2D eigenvalue weighted by Gasteiger charge is -2.29. The van der Waals surface area contributed by atoms with Gasteiger partial charge < -0.3 is 9.67 Å². The van der Waals surface area contributed by atoms with Crippen molar-refractivity contribution in [2.45, 2.75) is 6.92 Å². The molecule has 1 aromatic heterocycles. The van der Waals surface area contributed by atoms with E-state index in [1.807, 2.05) is 19.1 Å². The first-order valence-electron chi connectivity index (χ1n) is 9.45. The summed E-state index contributed by atoms with van der Waals surface area (Å²) in [4.78, 5) is 38.0. The number of nitrogens with zero attached hydrogens (tertiary/aromatic N) is 2. The van der Waals surface area contributed by atoms with E-state index in [0.717, 1.165) is 16.2 Å². The van der Waals surface area contributed by atoms with Crippen molar-refractivity contribution >= 4 is 58.5 Å². The van der Waals surface area contributed by atoms with Gasteiger partial charge in [0.1, 0.15) is 5.57 Å². The van der Waals surface area contributed by atoms with Crippen LogP contribution < -0.4 is 10.2 Å². The average molecular weight is 466 g/mol. The predicted octanol–water partition coefficient (Wildman–Crippen LogP) is 3.97. The Balaban J connectivity index is 1.72. The molecule has 0 aliphatic carbocycles. The summed E-state index contributed by atoms with van der Waals surface area (Å²) in [6.07, 6.45) is 3.28. The number of carboxylic acids is 1. The van der Waals surface area contributed by atoms with Gasteiger partial charge in [-0.3, -0.25) is 19.8 Å². The number of halogens is 1. The number of rotatable bonds is 4. The van der Waals surface area contributed by atoms with Crippen molar-refractivity contribution in [3.05, 3.63) is 88.2 Å². The molecule has 1 aliphatic heterocycles. The van der Waals surface area contributed by atoms with E-state index < -0.39 is 17.8 Å². The van der Waals surface area contributed by atoms with Gasteiger partial charge in [-0.15, -0.1) is 0 Å². The van der Waals surface area contributed by atoms with Crippen molar-refractivity contribution in [3.8, 4) is 5.69 Å². The number of carbonyl (C=O) groups excluding carboxylic acids is 2. The molecule has 0 radical (unpaired) electrons. The Labute approximate surface area is 193 Å². The fourth-order valence-electron chi connectivity index (χ4n) is 3.27. The SMILES string of the molecule is Cc1ccc(-n2cccc2/C=C2\C(=O)NC(=S)N(c3ccc(C(=O)O)cc3)C2=O)cc1Cl. The largest absolute Gasteiger partial charge is 0.478 e. The first-order valence-corrected chi connectivity index (χ1v) is 10.2. The van der Waals surface area contributed by atoms with E-state index in [9.17, 15) is 14.4 Å². The fraction of sp³-hybridized carbons (Fsp3) is 0.0435. The van der Waals surface area contributed by atoms with Crippen LogP contribution >= 0.6 is 23.8 Å². The standard InChI is InChI=1S/C23H16ClN3O4S/c1-13-4-7-17(12-19(13)24)26-10-2-3-16(26)11-18-20(28)25-23(32)27(21(18)29)15-8-5-14(6-9-15)22(30)31/h2-12H,1H3,(H,30,31)(H,25,28,32)/b18-11+. The Kier molecular flexibility index (Phi) is 5.65. The molecule has 0 bridgehead atoms. The minimum Gasteiger partial charge on any atom is -0.478 e. The lowest BCUT2D eigenvalue weighted by atomic mass is 10.1. The number of carbonyl (C=O) groups is 3. The normalized spacial score (nSPS) is 15.2. The Bertz CT molecular complexity index is 1310. The van der Waals surface area contributed by atoms with Gasteiger partial charge in [-0.25, -0.2) is 4.79 Å². The van der Waals surface area contributed by atoms with Gasteiger partial charge in [0.2, 0.25) is 0 Å². The van der Waals surface area contributed by atoms with Crippen molar-refractivity contribution < 1.29 is 19.5 Å². The summed E-state index contributed by atoms with van der Waals surface area (Å²) in [5.74, 6) is -2.32. The number of carboxylic acid groups (broad SMARTS) is 1. The molecule has 0 unspecified atom stereocenters. The molecule has 2 N–H and O–H groups in total. The van der Waals surface area contributed by atoms with E-state index >= 15 is 0 Å². The highest BCUT2D eigenvalue weighted by Crippen LogP contribution is 2.25. The van der Waals surface area contributed by atoms with Gasteiger partial charge in [0.25, 0.3) is 11.8 Å². The van der Waals surface area contributed by atoms with Gasteiger partial charge in [0, 0.05) is 22.6 Å². The molecule has 1 fully saturated rings. The van der Waals surface area contributed by atoms with Crippen LogP contribution in [0.2, 0.25) is 5.02 Å². The zero-order chi connectivity index (χ0) is 23.0. The summed E-state index contributed by atoms with van der Waals surface area (Å²) < 4.78 is 1.80. The van der Waals surface area contributed by atoms with Crippen molar-refractivity contribution in [2.75, 3.05) is 4.90 Å². The van der Waals surface area contributed by atoms with Crippen LogP contribution in [0.3, 0.4) is 0 Å². The van der Waals surface area contributed by atoms with Crippen molar-refractivity contribution in [1.29, 1.82) is 0 Å². The third kappa shape index (κ3) is 3.93. The second-order valence-electron chi connectivity index (χ2n) is 7.05. The van der Waals surface area contributed by atoms with Gasteiger partial charge in [0.15, 0.2) is 5.11 Å². The van der Waals surface area contributed by atoms with E-state index in [2.05, 4.69) is 5.32 Å². The molecule has 1 saturated heterocycles. The van der Waals surface area contributed by atoms with E-state index in [4.69, 9.17) is 28.9 Å². The number of aryl methyl sites for hydroxylation is 1. The topological polar surface area (TPSA) is 91.6 Å². The van der Waals surface area contributed by atoms with Gasteiger partial charge in [-0.05, 0) is 79.3 Å². The highest BCUT2D eigenvalue weighted by Gasteiger charge is 2.34. The van der Waals surface area contributed by atoms with Gasteiger partial charge in [0.05, 0.1) is 11.3 Å². The summed E-state index contributed by atoms with van der Waals surface area (Å²) in [7, 11) is 0. The van der Waals surface area contributed by atoms with Crippen LogP contribution in [0.4, 0.5) is 5.69 Å². The molecular formula is C23H16ClN3O4S. The minimum atomic E-state index is -1.09. The van der Waals surface area contributed by atoms with E-state index in [0.29, 0.717) is 16.4 Å². The molecular weight excluding hydrogens is 450 g/mol. The van der Waals surface area contributed by atoms with E-state index in [1.165, 1.54) is 30.3 Å². The van der Waals surface area contributed by atoms with Gasteiger partial charge >= 0.3 is 5.97 Å². The zero-order valence-corrected chi connectivity index (χ0v) is 18.3. The second-order valence-corrected chi connectivity index (χ2v) is 7.84. The highest BCUT2D eigenvalue weighted by molar-refractivity contribution is 7.80. The molecule has 4 rings (SSSR count). The van der Waals surface area contributed by atoms with Crippen LogP contribution in [0.15, 0.2) is 66.4 Å². The predicted molar refractivity (Wildman–Crippen MR) is 125 cm³/mol. The summed E-state index contributed by atoms with van der Waals surface area (Å²) in [5.41, 5.74) is 2.60. The number of amides is 2. The number of hydrogen-bond acceptors (Lipinski definition) is 4. The molecule has 32 heavy (non-hydrogen) atoms. The number of anilines is 1. The Morgan fingerprint density at radius 3 is 2.44 bits per heavy atom. The smallest absolute Gasteiger partial charge is 0.335 e. The Hall–Kier alpha value is -3.75. The van der Waals surface area contributed by atoms with Crippen molar-refractivity contribution in [1.82, 2.24) is 9.88 Å². The summed E-state index contributed by atoms with van der Waals surface area (Å²) in [6, 6.07) is 14.8. The highest BCUT2D eigenvalue weighted by atomic mass is 35.5. The fourth-order valence-corrected chi connectivity index (χ4v) is 3.73. The lowest BCUT2D eigenvalue weighted by Crippen LogP contribution is -2.54. The molecule has 0 atom stereocenters. The van der Waals surface area contributed by atoms with Crippen LogP contribution in [0.25, 0.3) is 11.8 Å². The maximum absolute atomic E-state index is 13.2. The number of aromatic nitrogens is 1. The Morgan fingerprint density at radius 2 is 1.78 bits per heavy atom. The molecule has 1 aliphatic rings. The van der Waals surface area contributed by atoms with Crippen LogP contribution in [0.1, 0.15) is 21.6 Å². The van der Waals surface area contributed by atoms with Crippen molar-refractivity contribution in [2.24, 2.45) is 0 Å². The monoisotopic (exact) mass is 465 g/mol. The van der Waals surface area contributed by atoms with E-state index in [-0.39, 0.29) is 16.2 Å². The van der Waals surface area contributed by atoms with Crippen molar-refractivity contribution in [3.63, 3.8) is 0 Å². The zero-order valence-electron chi connectivity index (χ0n) is 16.7. The number of benzene rings is 2. The number of nitrogens with one attached hydrogen (secondary N) is 1. The summed E-state index contributed by atoms with van der Waals surface area (Å²) in [6.45, 7) is 1.90. The molecule has 0 saturated carbocycles. The molecule has 160 valence electrons. The number of thiocarbonyl (C=S) groups is 1. The van der Waals surface area contributed by atoms with E-state index in [1.54, 1.807) is 29.0 Å². The van der Waals surface area contributed by atoms with Crippen LogP contribution in [0, 0.1) is 6.92 Å². The Morgan fingerprint density at radius 1 is 1.09 bits per heavy atom. The molecule has 2 heterocycles. The third-order valence-electron chi connectivity index (χ3n) is 4.98. The molecule has 3 aromatic rings. The first-order chi connectivity index (χ1) is 15.3. The van der Waals surface area contributed by atoms with Gasteiger partial charge in [-0.1, -0.05) is 17.7 Å². The first kappa shape index (κ1) is 21.5. The quantitative estimate of drug-likeness (QED) is 0.345. The maximum atomic E-state index is 13.2. The third-order valence-corrected chi connectivity index (χ3v) is 5.67. The number of aromatic carboxylic acids is 1. The molecule has 2 amide bonds. The maximum Gasteiger partial charge on any atom is 0.335 e. The molecule has 9 heteroatoms. The number of hydrogen-bond donors (Lipinski definition) is 2. The van der Waals surface area contributed by atoms with Gasteiger partial charge in [-0.2, -0.15) is 0 Å². The molecule has 2 aromatic carbocycles. The molecule has 7 nitrogen and oxygen atoms in total. The lowest BCUT2D eigenvalue weighted by molar-refractivity contribution is -0.122. The van der Waals surface area contributed by atoms with Crippen LogP contribution in [0.5, 0.6) is 0 Å². The summed E-state index contributed by atoms with van der Waals surface area (Å²) >= 11 is 11.4. The summed E-state index contributed by atoms with van der Waals surface area (Å²) in [5, 5.41) is 12.1.